The molecule has 0 atom stereocenters. The number of pyridine rings is 1. The zero-order valence-corrected chi connectivity index (χ0v) is 32.5. The van der Waals surface area contributed by atoms with E-state index in [2.05, 4.69) is 162 Å². The van der Waals surface area contributed by atoms with Crippen molar-refractivity contribution in [3.63, 3.8) is 0 Å². The fraction of sp³-hybridized carbons (Fsp3) is 0.0417. The second-order valence-corrected chi connectivity index (χ2v) is 13.3. The fourth-order valence-electron chi connectivity index (χ4n) is 6.53. The van der Waals surface area contributed by atoms with Gasteiger partial charge in [0.15, 0.2) is 0 Å². The van der Waals surface area contributed by atoms with Gasteiger partial charge in [-0.3, -0.25) is 16.3 Å². The number of para-hydroxylation sites is 3. The molecule has 53 heavy (non-hydrogen) atoms. The van der Waals surface area contributed by atoms with Gasteiger partial charge >= 0.3 is 0 Å². The van der Waals surface area contributed by atoms with Gasteiger partial charge in [0.2, 0.25) is 0 Å². The Labute approximate surface area is 328 Å². The topological polar surface area (TPSA) is 30.7 Å². The molecule has 3 heterocycles. The standard InChI is InChI=1S/C37H27N2S.C11H8N.Ir/c1-3-25(2)28-21-22-35-31(23-28)32(24-40-35)37-38-33-19-10-11-20-34(33)39(37)36-29(26-13-6-4-7-14-26)17-12-18-30(36)27-15-8-5-9-16-27;1-2-6-10(7-3-1)11-8-4-5-9-12-11;/h3-23H,1-2H3;1-6,8-9H;/q2*-1;/b25-3-;;. The van der Waals surface area contributed by atoms with Gasteiger partial charge in [-0.25, -0.2) is 0 Å². The molecule has 1 radical (unpaired) electrons. The molecule has 9 aromatic rings. The molecule has 0 fully saturated rings. The van der Waals surface area contributed by atoms with Crippen LogP contribution in [0.15, 0.2) is 176 Å². The van der Waals surface area contributed by atoms with E-state index in [0.717, 1.165) is 50.5 Å². The number of fused-ring (bicyclic) bond motifs is 2. The summed E-state index contributed by atoms with van der Waals surface area (Å²) in [6.07, 6.45) is 3.95. The van der Waals surface area contributed by atoms with Gasteiger partial charge in [0.1, 0.15) is 0 Å². The van der Waals surface area contributed by atoms with E-state index in [-0.39, 0.29) is 20.1 Å². The minimum atomic E-state index is 0. The Kier molecular flexibility index (Phi) is 11.0. The summed E-state index contributed by atoms with van der Waals surface area (Å²) < 4.78 is 3.56. The quantitative estimate of drug-likeness (QED) is 0.156. The number of nitrogens with zero attached hydrogens (tertiary/aromatic N) is 3. The first-order valence-electron chi connectivity index (χ1n) is 17.4. The summed E-state index contributed by atoms with van der Waals surface area (Å²) >= 11 is 1.65. The fourth-order valence-corrected chi connectivity index (χ4v) is 7.35. The number of rotatable bonds is 6. The van der Waals surface area contributed by atoms with Crippen LogP contribution in [0.3, 0.4) is 0 Å². The van der Waals surface area contributed by atoms with Crippen molar-refractivity contribution in [3.05, 3.63) is 193 Å². The van der Waals surface area contributed by atoms with Crippen molar-refractivity contribution in [2.75, 3.05) is 0 Å². The van der Waals surface area contributed by atoms with E-state index in [0.29, 0.717) is 0 Å². The van der Waals surface area contributed by atoms with Crippen molar-refractivity contribution in [1.82, 2.24) is 14.5 Å². The molecule has 0 amide bonds. The SMILES string of the molecule is C/C=C(/C)c1ccc2s[c-]c(-c3nc4ccccc4n3-c3c(-c4ccccc4)cccc3-c3ccccc3)c2c1.[Ir].[c-]1ccccc1-c1ccccn1. The van der Waals surface area contributed by atoms with Crippen LogP contribution >= 0.6 is 11.3 Å². The molecule has 0 aliphatic heterocycles. The Morgan fingerprint density at radius 1 is 0.698 bits per heavy atom. The number of hydrogen-bond donors (Lipinski definition) is 0. The van der Waals surface area contributed by atoms with Gasteiger partial charge in [-0.05, 0) is 60.0 Å². The van der Waals surface area contributed by atoms with E-state index < -0.39 is 0 Å². The second-order valence-electron chi connectivity index (χ2n) is 12.4. The molecule has 0 saturated carbocycles. The van der Waals surface area contributed by atoms with Crippen LogP contribution in [0.5, 0.6) is 0 Å². The van der Waals surface area contributed by atoms with E-state index in [1.165, 1.54) is 32.3 Å². The first-order valence-corrected chi connectivity index (χ1v) is 18.2. The Hall–Kier alpha value is -5.71. The third kappa shape index (κ3) is 7.33. The molecule has 0 N–H and O–H groups in total. The Balaban J connectivity index is 0.000000284. The number of thiophene rings is 1. The molecule has 0 spiro atoms. The summed E-state index contributed by atoms with van der Waals surface area (Å²) in [6, 6.07) is 59.8. The Morgan fingerprint density at radius 2 is 1.38 bits per heavy atom. The zero-order valence-electron chi connectivity index (χ0n) is 29.3. The monoisotopic (exact) mass is 878 g/mol. The molecule has 9 rings (SSSR count). The molecule has 0 unspecified atom stereocenters. The van der Waals surface area contributed by atoms with Crippen LogP contribution in [0.2, 0.25) is 0 Å². The molecule has 0 saturated heterocycles. The van der Waals surface area contributed by atoms with Crippen molar-refractivity contribution < 1.29 is 20.1 Å². The van der Waals surface area contributed by atoms with Crippen LogP contribution in [-0.4, -0.2) is 14.5 Å². The minimum Gasteiger partial charge on any atom is -0.332 e. The normalized spacial score (nSPS) is 11.2. The van der Waals surface area contributed by atoms with Gasteiger partial charge in [-0.1, -0.05) is 143 Å². The first-order chi connectivity index (χ1) is 25.7. The van der Waals surface area contributed by atoms with E-state index in [1.807, 2.05) is 42.5 Å². The summed E-state index contributed by atoms with van der Waals surface area (Å²) in [4.78, 5) is 9.49. The third-order valence-corrected chi connectivity index (χ3v) is 10.1. The smallest absolute Gasteiger partial charge is 0.0774 e. The summed E-state index contributed by atoms with van der Waals surface area (Å²) in [5.74, 6) is 0.906. The third-order valence-electron chi connectivity index (χ3n) is 9.26. The minimum absolute atomic E-state index is 0. The summed E-state index contributed by atoms with van der Waals surface area (Å²) in [7, 11) is 0. The van der Waals surface area contributed by atoms with Gasteiger partial charge in [-0.2, -0.15) is 0 Å². The van der Waals surface area contributed by atoms with E-state index in [1.54, 1.807) is 17.5 Å². The number of benzene rings is 6. The predicted octanol–water partition coefficient (Wildman–Crippen LogP) is 13.0. The second kappa shape index (κ2) is 16.3. The summed E-state index contributed by atoms with van der Waals surface area (Å²) in [5, 5.41) is 4.82. The number of aromatic nitrogens is 3. The number of allylic oxidation sites excluding steroid dienone is 2. The van der Waals surface area contributed by atoms with Gasteiger partial charge in [-0.15, -0.1) is 41.3 Å². The molecule has 259 valence electrons. The van der Waals surface area contributed by atoms with Crippen LogP contribution in [-0.2, 0) is 20.1 Å². The van der Waals surface area contributed by atoms with Crippen LogP contribution in [0, 0.1) is 11.4 Å². The van der Waals surface area contributed by atoms with E-state index >= 15 is 0 Å². The van der Waals surface area contributed by atoms with E-state index in [9.17, 15) is 0 Å². The molecule has 3 aromatic heterocycles. The Bertz CT molecular complexity index is 2530. The predicted molar refractivity (Wildman–Crippen MR) is 219 cm³/mol. The van der Waals surface area contributed by atoms with Crippen molar-refractivity contribution in [2.45, 2.75) is 13.8 Å². The summed E-state index contributed by atoms with van der Waals surface area (Å²) in [6.45, 7) is 4.25. The molecule has 0 aliphatic carbocycles. The first kappa shape index (κ1) is 35.7. The number of hydrogen-bond acceptors (Lipinski definition) is 3. The van der Waals surface area contributed by atoms with Gasteiger partial charge in [0, 0.05) is 37.4 Å². The van der Waals surface area contributed by atoms with Crippen LogP contribution in [0.1, 0.15) is 19.4 Å². The van der Waals surface area contributed by atoms with Crippen molar-refractivity contribution in [1.29, 1.82) is 0 Å². The van der Waals surface area contributed by atoms with Crippen molar-refractivity contribution in [3.8, 4) is 50.6 Å². The van der Waals surface area contributed by atoms with E-state index in [4.69, 9.17) is 4.98 Å². The average molecular weight is 878 g/mol. The van der Waals surface area contributed by atoms with Crippen LogP contribution in [0.4, 0.5) is 0 Å². The molecule has 5 heteroatoms. The molecule has 3 nitrogen and oxygen atoms in total. The average Bonchev–Trinajstić information content (AvgIpc) is 3.83. The maximum Gasteiger partial charge on any atom is 0.0774 e. The van der Waals surface area contributed by atoms with Crippen LogP contribution in [0.25, 0.3) is 77.3 Å². The zero-order chi connectivity index (χ0) is 35.3. The number of imidazole rings is 1. The molecule has 0 bridgehead atoms. The summed E-state index contributed by atoms with van der Waals surface area (Å²) in [5.41, 5.74) is 13.4. The molecular weight excluding hydrogens is 843 g/mol. The molecule has 0 aliphatic rings. The van der Waals surface area contributed by atoms with Gasteiger partial charge in [0.05, 0.1) is 22.5 Å². The van der Waals surface area contributed by atoms with Gasteiger partial charge < -0.3 is 9.55 Å². The molecular formula is C48H35IrN3S-2. The van der Waals surface area contributed by atoms with Crippen molar-refractivity contribution in [2.24, 2.45) is 0 Å². The van der Waals surface area contributed by atoms with Crippen molar-refractivity contribution >= 4 is 38.0 Å². The van der Waals surface area contributed by atoms with Crippen LogP contribution < -0.4 is 0 Å². The molecule has 6 aromatic carbocycles. The van der Waals surface area contributed by atoms with Gasteiger partial charge in [0.25, 0.3) is 0 Å². The Morgan fingerprint density at radius 3 is 2.04 bits per heavy atom. The maximum atomic E-state index is 5.27. The largest absolute Gasteiger partial charge is 0.332 e. The maximum absolute atomic E-state index is 5.27.